The van der Waals surface area contributed by atoms with E-state index >= 15 is 0 Å². The van der Waals surface area contributed by atoms with Gasteiger partial charge in [-0.15, -0.1) is 11.3 Å². The van der Waals surface area contributed by atoms with Crippen molar-refractivity contribution in [2.75, 3.05) is 6.61 Å². The fraction of sp³-hybridized carbons (Fsp3) is 0.375. The van der Waals surface area contributed by atoms with Gasteiger partial charge in [0.05, 0.1) is 5.02 Å². The van der Waals surface area contributed by atoms with E-state index in [4.69, 9.17) is 16.3 Å². The van der Waals surface area contributed by atoms with Crippen LogP contribution in [0.2, 0.25) is 5.02 Å². The van der Waals surface area contributed by atoms with Crippen LogP contribution < -0.4 is 5.32 Å². The van der Waals surface area contributed by atoms with Gasteiger partial charge in [-0.2, -0.15) is 0 Å². The molecular weight excluding hydrogens is 322 g/mol. The van der Waals surface area contributed by atoms with Gasteiger partial charge >= 0.3 is 5.97 Å². The molecule has 0 aliphatic rings. The summed E-state index contributed by atoms with van der Waals surface area (Å²) < 4.78 is 5.97. The zero-order valence-corrected chi connectivity index (χ0v) is 14.1. The molecule has 1 aromatic carbocycles. The summed E-state index contributed by atoms with van der Waals surface area (Å²) >= 11 is 7.47. The number of amides is 1. The van der Waals surface area contributed by atoms with E-state index in [-0.39, 0.29) is 18.6 Å². The van der Waals surface area contributed by atoms with Gasteiger partial charge in [0.25, 0.3) is 5.91 Å². The number of ether oxygens (including phenoxy) is 1. The van der Waals surface area contributed by atoms with E-state index in [1.165, 1.54) is 11.3 Å². The van der Waals surface area contributed by atoms with Crippen molar-refractivity contribution >= 4 is 44.9 Å². The fourth-order valence-electron chi connectivity index (χ4n) is 2.16. The molecule has 0 aliphatic heterocycles. The monoisotopic (exact) mass is 339 g/mol. The second-order valence-corrected chi connectivity index (χ2v) is 6.50. The highest BCUT2D eigenvalue weighted by atomic mass is 35.5. The Morgan fingerprint density at radius 2 is 2.09 bits per heavy atom. The molecule has 0 unspecified atom stereocenters. The largest absolute Gasteiger partial charge is 0.451 e. The van der Waals surface area contributed by atoms with Crippen molar-refractivity contribution < 1.29 is 14.3 Å². The maximum Gasteiger partial charge on any atom is 0.350 e. The minimum atomic E-state index is -0.565. The van der Waals surface area contributed by atoms with Crippen molar-refractivity contribution in [2.24, 2.45) is 0 Å². The molecule has 1 atom stereocenters. The van der Waals surface area contributed by atoms with Crippen molar-refractivity contribution in [2.45, 2.75) is 32.7 Å². The highest BCUT2D eigenvalue weighted by molar-refractivity contribution is 7.21. The number of carbonyl (C=O) groups excluding carboxylic acids is 2. The second kappa shape index (κ2) is 7.61. The third-order valence-electron chi connectivity index (χ3n) is 3.18. The van der Waals surface area contributed by atoms with Gasteiger partial charge in [-0.3, -0.25) is 4.79 Å². The van der Waals surface area contributed by atoms with Crippen molar-refractivity contribution in [1.82, 2.24) is 5.32 Å². The van der Waals surface area contributed by atoms with Gasteiger partial charge in [-0.1, -0.05) is 43.1 Å². The second-order valence-electron chi connectivity index (χ2n) is 5.07. The van der Waals surface area contributed by atoms with Crippen LogP contribution in [0.5, 0.6) is 0 Å². The molecule has 0 saturated heterocycles. The Hall–Kier alpha value is -1.59. The van der Waals surface area contributed by atoms with Crippen molar-refractivity contribution in [1.29, 1.82) is 0 Å². The smallest absolute Gasteiger partial charge is 0.350 e. The third-order valence-corrected chi connectivity index (χ3v) is 4.84. The first-order valence-electron chi connectivity index (χ1n) is 7.16. The highest BCUT2D eigenvalue weighted by Gasteiger charge is 2.19. The number of hydrogen-bond acceptors (Lipinski definition) is 4. The van der Waals surface area contributed by atoms with Gasteiger partial charge in [0.1, 0.15) is 4.88 Å². The first-order valence-corrected chi connectivity index (χ1v) is 8.36. The Morgan fingerprint density at radius 3 is 2.77 bits per heavy atom. The van der Waals surface area contributed by atoms with Crippen LogP contribution in [0.3, 0.4) is 0 Å². The zero-order valence-electron chi connectivity index (χ0n) is 12.5. The molecule has 0 aliphatic carbocycles. The summed E-state index contributed by atoms with van der Waals surface area (Å²) in [5.41, 5.74) is 0. The Bertz CT molecular complexity index is 683. The lowest BCUT2D eigenvalue weighted by atomic mass is 10.2. The molecule has 4 nitrogen and oxygen atoms in total. The van der Waals surface area contributed by atoms with E-state index in [1.54, 1.807) is 0 Å². The maximum absolute atomic E-state index is 12.1. The molecule has 0 saturated carbocycles. The lowest BCUT2D eigenvalue weighted by molar-refractivity contribution is -0.124. The van der Waals surface area contributed by atoms with Crippen LogP contribution in [-0.2, 0) is 9.53 Å². The molecule has 0 fully saturated rings. The van der Waals surface area contributed by atoms with Crippen LogP contribution in [0.15, 0.2) is 24.3 Å². The van der Waals surface area contributed by atoms with Crippen molar-refractivity contribution in [3.63, 3.8) is 0 Å². The highest BCUT2D eigenvalue weighted by Crippen LogP contribution is 2.35. The van der Waals surface area contributed by atoms with Crippen molar-refractivity contribution in [3.05, 3.63) is 34.2 Å². The number of rotatable bonds is 6. The molecule has 1 N–H and O–H groups in total. The Balaban J connectivity index is 1.97. The summed E-state index contributed by atoms with van der Waals surface area (Å²) in [7, 11) is 0. The molecule has 1 amide bonds. The summed E-state index contributed by atoms with van der Waals surface area (Å²) in [6, 6.07) is 7.56. The SMILES string of the molecule is CCC[C@@H](C)NC(=O)COC(=O)c1sc2ccccc2c1Cl. The number of fused-ring (bicyclic) bond motifs is 1. The number of esters is 1. The van der Waals surface area contributed by atoms with Crippen LogP contribution in [0.25, 0.3) is 10.1 Å². The van der Waals surface area contributed by atoms with Crippen LogP contribution >= 0.6 is 22.9 Å². The fourth-order valence-corrected chi connectivity index (χ4v) is 3.57. The zero-order chi connectivity index (χ0) is 16.1. The number of hydrogen-bond donors (Lipinski definition) is 1. The Kier molecular flexibility index (Phi) is 5.80. The summed E-state index contributed by atoms with van der Waals surface area (Å²) in [5, 5.41) is 3.98. The van der Waals surface area contributed by atoms with E-state index in [0.29, 0.717) is 9.90 Å². The predicted octanol–water partition coefficient (Wildman–Crippen LogP) is 4.02. The van der Waals surface area contributed by atoms with Gasteiger partial charge in [0.15, 0.2) is 6.61 Å². The molecule has 0 spiro atoms. The standard InChI is InChI=1S/C16H18ClNO3S/c1-3-6-10(2)18-13(19)9-21-16(20)15-14(17)11-7-4-5-8-12(11)22-15/h4-5,7-8,10H,3,6,9H2,1-2H3,(H,18,19)/t10-/m1/s1. The summed E-state index contributed by atoms with van der Waals surface area (Å²) in [4.78, 5) is 24.1. The van der Waals surface area contributed by atoms with E-state index in [1.807, 2.05) is 38.1 Å². The van der Waals surface area contributed by atoms with Crippen LogP contribution in [0.4, 0.5) is 0 Å². The number of thiophene rings is 1. The molecule has 6 heteroatoms. The molecule has 0 radical (unpaired) electrons. The Labute approximate surface area is 138 Å². The molecule has 0 bridgehead atoms. The molecule has 1 aromatic heterocycles. The predicted molar refractivity (Wildman–Crippen MR) is 89.6 cm³/mol. The van der Waals surface area contributed by atoms with Crippen LogP contribution in [-0.4, -0.2) is 24.5 Å². The molecule has 22 heavy (non-hydrogen) atoms. The van der Waals surface area contributed by atoms with Gasteiger partial charge in [0.2, 0.25) is 0 Å². The lowest BCUT2D eigenvalue weighted by Crippen LogP contribution is -2.35. The lowest BCUT2D eigenvalue weighted by Gasteiger charge is -2.12. The Morgan fingerprint density at radius 1 is 1.36 bits per heavy atom. The molecule has 2 rings (SSSR count). The summed E-state index contributed by atoms with van der Waals surface area (Å²) in [5.74, 6) is -0.865. The van der Waals surface area contributed by atoms with E-state index in [2.05, 4.69) is 5.32 Å². The molecular formula is C16H18ClNO3S. The summed E-state index contributed by atoms with van der Waals surface area (Å²) in [6.45, 7) is 3.68. The van der Waals surface area contributed by atoms with Crippen LogP contribution in [0.1, 0.15) is 36.4 Å². The van der Waals surface area contributed by atoms with Gasteiger partial charge in [-0.25, -0.2) is 4.79 Å². The van der Waals surface area contributed by atoms with Crippen LogP contribution in [0, 0.1) is 0 Å². The van der Waals surface area contributed by atoms with Gasteiger partial charge < -0.3 is 10.1 Å². The number of halogens is 1. The van der Waals surface area contributed by atoms with E-state index in [9.17, 15) is 9.59 Å². The average Bonchev–Trinajstić information content (AvgIpc) is 2.83. The minimum absolute atomic E-state index is 0.0733. The number of nitrogens with one attached hydrogen (secondary N) is 1. The normalized spacial score (nSPS) is 12.1. The topological polar surface area (TPSA) is 55.4 Å². The summed E-state index contributed by atoms with van der Waals surface area (Å²) in [6.07, 6.45) is 1.88. The number of carbonyl (C=O) groups is 2. The van der Waals surface area contributed by atoms with Gasteiger partial charge in [0, 0.05) is 16.1 Å². The number of benzene rings is 1. The first-order chi connectivity index (χ1) is 10.5. The van der Waals surface area contributed by atoms with E-state index < -0.39 is 5.97 Å². The molecule has 2 aromatic rings. The minimum Gasteiger partial charge on any atom is -0.451 e. The molecule has 1 heterocycles. The van der Waals surface area contributed by atoms with Crippen molar-refractivity contribution in [3.8, 4) is 0 Å². The van der Waals surface area contributed by atoms with E-state index in [0.717, 1.165) is 22.9 Å². The maximum atomic E-state index is 12.1. The first kappa shape index (κ1) is 16.8. The third kappa shape index (κ3) is 3.99. The quantitative estimate of drug-likeness (QED) is 0.809. The average molecular weight is 340 g/mol. The molecule has 118 valence electrons. The van der Waals surface area contributed by atoms with Gasteiger partial charge in [-0.05, 0) is 19.4 Å².